The number of methoxy groups -OCH3 is 1. The number of rotatable bonds is 3. The van der Waals surface area contributed by atoms with Gasteiger partial charge in [0.2, 0.25) is 0 Å². The van der Waals surface area contributed by atoms with Gasteiger partial charge in [-0.15, -0.1) is 0 Å². The molecule has 0 unspecified atom stereocenters. The number of nitro groups is 2. The van der Waals surface area contributed by atoms with Crippen LogP contribution < -0.4 is 0 Å². The molecule has 0 saturated heterocycles. The number of nitro benzene ring substituents is 2. The maximum atomic E-state index is 11.2. The van der Waals surface area contributed by atoms with E-state index in [9.17, 15) is 20.2 Å². The summed E-state index contributed by atoms with van der Waals surface area (Å²) >= 11 is 0. The molecule has 0 radical (unpaired) electrons. The molecular weight excluding hydrogens is 312 g/mol. The molecule has 0 aromatic heterocycles. The van der Waals surface area contributed by atoms with Crippen LogP contribution in [-0.2, 0) is 10.3 Å². The molecule has 0 heterocycles. The van der Waals surface area contributed by atoms with Crippen molar-refractivity contribution in [2.75, 3.05) is 7.11 Å². The normalized spacial score (nSPS) is 23.5. The highest BCUT2D eigenvalue weighted by Gasteiger charge is 2.50. The number of non-ortho nitro benzene ring substituents is 2. The van der Waals surface area contributed by atoms with Crippen molar-refractivity contribution in [3.63, 3.8) is 0 Å². The Hall–Kier alpha value is -2.80. The number of hydrogen-bond donors (Lipinski definition) is 0. The van der Waals surface area contributed by atoms with Crippen molar-refractivity contribution in [2.45, 2.75) is 24.4 Å². The van der Waals surface area contributed by atoms with Crippen LogP contribution in [0.25, 0.3) is 0 Å². The summed E-state index contributed by atoms with van der Waals surface area (Å²) in [5.41, 5.74) is 2.67. The molecule has 2 bridgehead atoms. The molecule has 2 aromatic rings. The first-order valence-electron chi connectivity index (χ1n) is 7.61. The van der Waals surface area contributed by atoms with Gasteiger partial charge in [0.15, 0.2) is 0 Å². The standard InChI is InChI=1S/C17H14N2O5/c1-24-17-7-6-12(13-4-2-10(18(20)21)8-15(13)17)14-5-3-11(19(22)23)9-16(14)17/h2-5,8-9,12H,6-7H2,1H3. The maximum absolute atomic E-state index is 11.2. The lowest BCUT2D eigenvalue weighted by atomic mass is 9.61. The monoisotopic (exact) mass is 326 g/mol. The smallest absolute Gasteiger partial charge is 0.269 e. The zero-order valence-electron chi connectivity index (χ0n) is 12.9. The van der Waals surface area contributed by atoms with Crippen LogP contribution in [0.3, 0.4) is 0 Å². The van der Waals surface area contributed by atoms with Crippen molar-refractivity contribution in [3.05, 3.63) is 78.9 Å². The SMILES string of the molecule is COC12CCC(c3ccc([N+](=O)[O-])cc31)c1ccc([N+](=O)[O-])cc12. The molecule has 24 heavy (non-hydrogen) atoms. The van der Waals surface area contributed by atoms with E-state index in [0.29, 0.717) is 6.42 Å². The summed E-state index contributed by atoms with van der Waals surface area (Å²) in [5.74, 6) is 0.0913. The zero-order valence-corrected chi connectivity index (χ0v) is 12.9. The molecule has 7 nitrogen and oxygen atoms in total. The van der Waals surface area contributed by atoms with Crippen molar-refractivity contribution in [1.29, 1.82) is 0 Å². The zero-order chi connectivity index (χ0) is 17.1. The Morgan fingerprint density at radius 2 is 1.50 bits per heavy atom. The lowest BCUT2D eigenvalue weighted by Crippen LogP contribution is -2.41. The van der Waals surface area contributed by atoms with E-state index in [1.165, 1.54) is 12.1 Å². The van der Waals surface area contributed by atoms with Gasteiger partial charge >= 0.3 is 0 Å². The summed E-state index contributed by atoms with van der Waals surface area (Å²) in [6, 6.07) is 9.69. The lowest BCUT2D eigenvalue weighted by molar-refractivity contribution is -0.385. The van der Waals surface area contributed by atoms with Gasteiger partial charge in [-0.2, -0.15) is 0 Å². The fourth-order valence-corrected chi connectivity index (χ4v) is 4.19. The Kier molecular flexibility index (Phi) is 2.98. The molecule has 0 atom stereocenters. The molecule has 7 heteroatoms. The molecular formula is C17H14N2O5. The molecule has 0 aliphatic heterocycles. The minimum atomic E-state index is -0.864. The van der Waals surface area contributed by atoms with Crippen LogP contribution in [0.1, 0.15) is 41.0 Å². The molecule has 0 fully saturated rings. The van der Waals surface area contributed by atoms with Gasteiger partial charge in [-0.1, -0.05) is 12.1 Å². The van der Waals surface area contributed by atoms with E-state index in [-0.39, 0.29) is 17.3 Å². The van der Waals surface area contributed by atoms with Crippen LogP contribution in [0.5, 0.6) is 0 Å². The Balaban J connectivity index is 2.01. The fourth-order valence-electron chi connectivity index (χ4n) is 4.19. The molecule has 2 aromatic carbocycles. The molecule has 0 saturated carbocycles. The van der Waals surface area contributed by atoms with Crippen LogP contribution in [0.4, 0.5) is 11.4 Å². The van der Waals surface area contributed by atoms with E-state index in [1.54, 1.807) is 31.4 Å². The van der Waals surface area contributed by atoms with E-state index in [0.717, 1.165) is 28.7 Å². The van der Waals surface area contributed by atoms with Crippen LogP contribution >= 0.6 is 0 Å². The highest BCUT2D eigenvalue weighted by atomic mass is 16.6. The second-order valence-corrected chi connectivity index (χ2v) is 6.18. The minimum absolute atomic E-state index is 0.00436. The van der Waals surface area contributed by atoms with E-state index in [2.05, 4.69) is 0 Å². The molecule has 122 valence electrons. The van der Waals surface area contributed by atoms with Crippen LogP contribution in [0.15, 0.2) is 36.4 Å². The Labute approximate surface area is 137 Å². The number of benzene rings is 2. The van der Waals surface area contributed by atoms with Gasteiger partial charge in [-0.25, -0.2) is 0 Å². The largest absolute Gasteiger partial charge is 0.369 e. The molecule has 0 spiro atoms. The molecule has 3 aliphatic carbocycles. The highest BCUT2D eigenvalue weighted by molar-refractivity contribution is 5.61. The van der Waals surface area contributed by atoms with E-state index >= 15 is 0 Å². The summed E-state index contributed by atoms with van der Waals surface area (Å²) in [6.07, 6.45) is 1.50. The molecule has 5 rings (SSSR count). The maximum Gasteiger partial charge on any atom is 0.269 e. The van der Waals surface area contributed by atoms with Crippen molar-refractivity contribution < 1.29 is 14.6 Å². The van der Waals surface area contributed by atoms with E-state index in [4.69, 9.17) is 4.74 Å². The highest BCUT2D eigenvalue weighted by Crippen LogP contribution is 2.57. The van der Waals surface area contributed by atoms with Gasteiger partial charge in [-0.05, 0) is 35.1 Å². The summed E-state index contributed by atoms with van der Waals surface area (Å²) in [6.45, 7) is 0. The molecule has 3 aliphatic rings. The summed E-state index contributed by atoms with van der Waals surface area (Å²) in [5, 5.41) is 22.3. The number of nitrogens with zero attached hydrogens (tertiary/aromatic N) is 2. The summed E-state index contributed by atoms with van der Waals surface area (Å²) in [7, 11) is 1.55. The average molecular weight is 326 g/mol. The number of fused-ring (bicyclic) bond motifs is 1. The fraction of sp³-hybridized carbons (Fsp3) is 0.294. The van der Waals surface area contributed by atoms with Gasteiger partial charge in [0.05, 0.1) is 9.85 Å². The lowest BCUT2D eigenvalue weighted by Gasteiger charge is -2.48. The van der Waals surface area contributed by atoms with Crippen molar-refractivity contribution in [2.24, 2.45) is 0 Å². The van der Waals surface area contributed by atoms with Crippen LogP contribution in [0.2, 0.25) is 0 Å². The first-order chi connectivity index (χ1) is 11.5. The second-order valence-electron chi connectivity index (χ2n) is 6.18. The minimum Gasteiger partial charge on any atom is -0.369 e. The molecule has 0 amide bonds. The summed E-state index contributed by atoms with van der Waals surface area (Å²) < 4.78 is 5.84. The van der Waals surface area contributed by atoms with E-state index < -0.39 is 15.4 Å². The third-order valence-electron chi connectivity index (χ3n) is 5.25. The first-order valence-corrected chi connectivity index (χ1v) is 7.61. The van der Waals surface area contributed by atoms with E-state index in [1.807, 2.05) is 0 Å². The predicted octanol–water partition coefficient (Wildman–Crippen LogP) is 3.63. The third kappa shape index (κ3) is 1.75. The van der Waals surface area contributed by atoms with Gasteiger partial charge in [0.25, 0.3) is 11.4 Å². The van der Waals surface area contributed by atoms with Gasteiger partial charge in [0, 0.05) is 37.3 Å². The Bertz CT molecular complexity index is 827. The van der Waals surface area contributed by atoms with Gasteiger partial charge < -0.3 is 4.74 Å². The topological polar surface area (TPSA) is 95.5 Å². The quantitative estimate of drug-likeness (QED) is 0.634. The Morgan fingerprint density at radius 3 is 1.92 bits per heavy atom. The average Bonchev–Trinajstić information content (AvgIpc) is 2.61. The first kappa shape index (κ1) is 14.8. The predicted molar refractivity (Wildman–Crippen MR) is 85.1 cm³/mol. The van der Waals surface area contributed by atoms with Crippen LogP contribution in [-0.4, -0.2) is 17.0 Å². The second kappa shape index (κ2) is 4.85. The van der Waals surface area contributed by atoms with Gasteiger partial charge in [0.1, 0.15) is 5.60 Å². The van der Waals surface area contributed by atoms with Gasteiger partial charge in [-0.3, -0.25) is 20.2 Å². The van der Waals surface area contributed by atoms with Crippen LogP contribution in [0, 0.1) is 20.2 Å². The summed E-state index contributed by atoms with van der Waals surface area (Å²) in [4.78, 5) is 21.4. The van der Waals surface area contributed by atoms with Crippen molar-refractivity contribution >= 4 is 11.4 Å². The number of ether oxygens (including phenoxy) is 1. The Morgan fingerprint density at radius 1 is 1.00 bits per heavy atom. The molecule has 0 N–H and O–H groups in total. The number of hydrogen-bond acceptors (Lipinski definition) is 5. The van der Waals surface area contributed by atoms with Crippen molar-refractivity contribution in [3.8, 4) is 0 Å². The third-order valence-corrected chi connectivity index (χ3v) is 5.25. The van der Waals surface area contributed by atoms with Crippen molar-refractivity contribution in [1.82, 2.24) is 0 Å².